The number of primary amides is 1. The first-order chi connectivity index (χ1) is 17.7. The molecule has 1 saturated heterocycles. The zero-order valence-electron chi connectivity index (χ0n) is 20.9. The second-order valence-electron chi connectivity index (χ2n) is 9.15. The Bertz CT molecular complexity index is 922. The molecule has 4 unspecified atom stereocenters. The molecule has 4 atom stereocenters. The van der Waals surface area contributed by atoms with Gasteiger partial charge in [-0.25, -0.2) is 4.79 Å². The summed E-state index contributed by atoms with van der Waals surface area (Å²) in [6.45, 7) is 1.14. The summed E-state index contributed by atoms with van der Waals surface area (Å²) in [5.41, 5.74) is 11.5. The molecule has 1 aromatic carbocycles. The summed E-state index contributed by atoms with van der Waals surface area (Å²) >= 11 is 0. The van der Waals surface area contributed by atoms with E-state index in [-0.39, 0.29) is 25.2 Å². The first-order valence-electron chi connectivity index (χ1n) is 12.6. The van der Waals surface area contributed by atoms with Crippen LogP contribution in [0.25, 0.3) is 0 Å². The van der Waals surface area contributed by atoms with E-state index in [2.05, 4.69) is 21.3 Å². The number of aliphatic carboxylic acids is 1. The summed E-state index contributed by atoms with van der Waals surface area (Å²) in [6.07, 6.45) is 2.73. The Morgan fingerprint density at radius 2 is 1.59 bits per heavy atom. The summed E-state index contributed by atoms with van der Waals surface area (Å²) in [5, 5.41) is 20.5. The van der Waals surface area contributed by atoms with Crippen LogP contribution in [0.2, 0.25) is 0 Å². The van der Waals surface area contributed by atoms with Crippen LogP contribution >= 0.6 is 0 Å². The van der Waals surface area contributed by atoms with E-state index >= 15 is 0 Å². The molecule has 12 nitrogen and oxygen atoms in total. The minimum atomic E-state index is -1.25. The van der Waals surface area contributed by atoms with Crippen LogP contribution in [0, 0.1) is 0 Å². The molecular formula is C25H38N6O6. The summed E-state index contributed by atoms with van der Waals surface area (Å²) < 4.78 is 0. The maximum absolute atomic E-state index is 13.2. The third-order valence-corrected chi connectivity index (χ3v) is 6.17. The van der Waals surface area contributed by atoms with Gasteiger partial charge in [0.15, 0.2) is 0 Å². The fraction of sp³-hybridized carbons (Fsp3) is 0.560. The van der Waals surface area contributed by atoms with Crippen LogP contribution in [-0.4, -0.2) is 72.0 Å². The lowest BCUT2D eigenvalue weighted by molar-refractivity contribution is -0.142. The number of unbranched alkanes of at least 4 members (excludes halogenated alkanes) is 1. The van der Waals surface area contributed by atoms with Crippen LogP contribution in [0.15, 0.2) is 30.3 Å². The molecule has 2 rings (SSSR count). The highest BCUT2D eigenvalue weighted by Crippen LogP contribution is 2.09. The Morgan fingerprint density at radius 1 is 0.946 bits per heavy atom. The van der Waals surface area contributed by atoms with Crippen molar-refractivity contribution in [2.24, 2.45) is 11.5 Å². The molecule has 4 amide bonds. The Hall–Kier alpha value is -3.51. The monoisotopic (exact) mass is 518 g/mol. The molecule has 1 aliphatic rings. The van der Waals surface area contributed by atoms with E-state index in [1.54, 1.807) is 30.3 Å². The van der Waals surface area contributed by atoms with E-state index in [1.807, 2.05) is 0 Å². The summed E-state index contributed by atoms with van der Waals surface area (Å²) in [4.78, 5) is 62.1. The maximum Gasteiger partial charge on any atom is 0.326 e. The van der Waals surface area contributed by atoms with Crippen LogP contribution in [0.1, 0.15) is 50.5 Å². The van der Waals surface area contributed by atoms with Gasteiger partial charge in [0, 0.05) is 12.8 Å². The van der Waals surface area contributed by atoms with Gasteiger partial charge in [-0.05, 0) is 57.2 Å². The average molecular weight is 519 g/mol. The zero-order chi connectivity index (χ0) is 27.2. The lowest BCUT2D eigenvalue weighted by Gasteiger charge is -2.25. The van der Waals surface area contributed by atoms with Gasteiger partial charge in [0.2, 0.25) is 23.6 Å². The molecule has 0 aliphatic carbocycles. The molecule has 12 heteroatoms. The van der Waals surface area contributed by atoms with Crippen LogP contribution < -0.4 is 32.7 Å². The number of carboxylic acids is 1. The van der Waals surface area contributed by atoms with Crippen molar-refractivity contribution in [3.05, 3.63) is 35.9 Å². The number of benzene rings is 1. The number of hydrogen-bond acceptors (Lipinski definition) is 7. The van der Waals surface area contributed by atoms with Gasteiger partial charge in [-0.15, -0.1) is 0 Å². The summed E-state index contributed by atoms with van der Waals surface area (Å²) in [5.74, 6) is -3.60. The Labute approximate surface area is 216 Å². The average Bonchev–Trinajstić information content (AvgIpc) is 3.41. The van der Waals surface area contributed by atoms with Crippen LogP contribution in [-0.2, 0) is 30.4 Å². The van der Waals surface area contributed by atoms with Crippen molar-refractivity contribution in [3.8, 4) is 0 Å². The van der Waals surface area contributed by atoms with Crippen molar-refractivity contribution in [2.45, 2.75) is 75.5 Å². The lowest BCUT2D eigenvalue weighted by atomic mass is 10.0. The van der Waals surface area contributed by atoms with E-state index in [0.29, 0.717) is 44.3 Å². The minimum absolute atomic E-state index is 0.0323. The van der Waals surface area contributed by atoms with Crippen LogP contribution in [0.4, 0.5) is 0 Å². The highest BCUT2D eigenvalue weighted by atomic mass is 16.4. The molecule has 1 aliphatic heterocycles. The minimum Gasteiger partial charge on any atom is -0.480 e. The zero-order valence-corrected chi connectivity index (χ0v) is 20.9. The molecule has 204 valence electrons. The first kappa shape index (κ1) is 29.7. The molecule has 1 fully saturated rings. The van der Waals surface area contributed by atoms with E-state index in [1.165, 1.54) is 0 Å². The maximum atomic E-state index is 13.2. The van der Waals surface area contributed by atoms with Gasteiger partial charge in [0.25, 0.3) is 0 Å². The Kier molecular flexibility index (Phi) is 12.5. The SMILES string of the molecule is NCCCCC(NC(=O)C1CCCN1)C(=O)NC(CCC(N)=O)C(=O)NC(Cc1ccccc1)C(=O)O. The second-order valence-corrected chi connectivity index (χ2v) is 9.15. The molecule has 0 spiro atoms. The number of rotatable bonds is 16. The number of nitrogens with two attached hydrogens (primary N) is 2. The van der Waals surface area contributed by atoms with E-state index in [0.717, 1.165) is 6.42 Å². The van der Waals surface area contributed by atoms with Crippen molar-refractivity contribution < 1.29 is 29.1 Å². The number of hydrogen-bond donors (Lipinski definition) is 7. The molecular weight excluding hydrogens is 480 g/mol. The Morgan fingerprint density at radius 3 is 2.16 bits per heavy atom. The molecule has 0 aromatic heterocycles. The summed E-state index contributed by atoms with van der Waals surface area (Å²) in [6, 6.07) is 4.98. The van der Waals surface area contributed by atoms with Crippen molar-refractivity contribution in [3.63, 3.8) is 0 Å². The van der Waals surface area contributed by atoms with Crippen molar-refractivity contribution in [1.82, 2.24) is 21.3 Å². The lowest BCUT2D eigenvalue weighted by Crippen LogP contribution is -2.57. The molecule has 0 saturated carbocycles. The Balaban J connectivity index is 2.12. The predicted molar refractivity (Wildman–Crippen MR) is 136 cm³/mol. The van der Waals surface area contributed by atoms with Crippen molar-refractivity contribution in [2.75, 3.05) is 13.1 Å². The van der Waals surface area contributed by atoms with E-state index in [4.69, 9.17) is 11.5 Å². The van der Waals surface area contributed by atoms with Crippen molar-refractivity contribution in [1.29, 1.82) is 0 Å². The molecule has 1 heterocycles. The van der Waals surface area contributed by atoms with Gasteiger partial charge in [0.05, 0.1) is 6.04 Å². The standard InChI is InChI=1S/C25H38N6O6/c26-13-5-4-9-18(29-22(33)17-10-6-14-28-17)23(34)30-19(11-12-21(27)32)24(35)31-20(25(36)37)15-16-7-2-1-3-8-16/h1-3,7-8,17-20,28H,4-6,9-15,26H2,(H2,27,32)(H,29,33)(H,30,34)(H,31,35)(H,36,37). The van der Waals surface area contributed by atoms with Gasteiger partial charge in [-0.3, -0.25) is 19.2 Å². The number of amides is 4. The fourth-order valence-electron chi connectivity index (χ4n) is 4.09. The first-order valence-corrected chi connectivity index (χ1v) is 12.6. The molecule has 0 radical (unpaired) electrons. The number of carboxylic acid groups (broad SMARTS) is 1. The topological polar surface area (TPSA) is 206 Å². The van der Waals surface area contributed by atoms with Crippen LogP contribution in [0.5, 0.6) is 0 Å². The molecule has 0 bridgehead atoms. The van der Waals surface area contributed by atoms with Gasteiger partial charge in [-0.2, -0.15) is 0 Å². The smallest absolute Gasteiger partial charge is 0.326 e. The van der Waals surface area contributed by atoms with E-state index in [9.17, 15) is 29.1 Å². The molecule has 37 heavy (non-hydrogen) atoms. The van der Waals surface area contributed by atoms with Gasteiger partial charge >= 0.3 is 5.97 Å². The third kappa shape index (κ3) is 10.6. The van der Waals surface area contributed by atoms with Gasteiger partial charge in [0.1, 0.15) is 18.1 Å². The van der Waals surface area contributed by atoms with E-state index < -0.39 is 47.9 Å². The number of nitrogens with one attached hydrogen (secondary N) is 4. The van der Waals surface area contributed by atoms with Gasteiger partial charge in [-0.1, -0.05) is 30.3 Å². The third-order valence-electron chi connectivity index (χ3n) is 6.17. The highest BCUT2D eigenvalue weighted by Gasteiger charge is 2.31. The second kappa shape index (κ2) is 15.6. The quantitative estimate of drug-likeness (QED) is 0.134. The summed E-state index contributed by atoms with van der Waals surface area (Å²) in [7, 11) is 0. The van der Waals surface area contributed by atoms with Crippen LogP contribution in [0.3, 0.4) is 0 Å². The normalized spacial score (nSPS) is 17.3. The number of carbonyl (C=O) groups excluding carboxylic acids is 4. The molecule has 9 N–H and O–H groups in total. The van der Waals surface area contributed by atoms with Gasteiger partial charge < -0.3 is 37.8 Å². The van der Waals surface area contributed by atoms with Crippen molar-refractivity contribution >= 4 is 29.6 Å². The fourth-order valence-corrected chi connectivity index (χ4v) is 4.09. The molecule has 1 aromatic rings. The predicted octanol–water partition coefficient (Wildman–Crippen LogP) is -1.09. The number of carbonyl (C=O) groups is 5. The highest BCUT2D eigenvalue weighted by molar-refractivity contribution is 5.94. The largest absolute Gasteiger partial charge is 0.480 e.